The summed E-state index contributed by atoms with van der Waals surface area (Å²) in [5, 5.41) is 0. The molecule has 0 aromatic carbocycles. The minimum atomic E-state index is -0.134. The van der Waals surface area contributed by atoms with E-state index in [4.69, 9.17) is 4.74 Å². The van der Waals surface area contributed by atoms with Crippen LogP contribution in [0.3, 0.4) is 0 Å². The van der Waals surface area contributed by atoms with Gasteiger partial charge in [0, 0.05) is 18.8 Å². The van der Waals surface area contributed by atoms with Gasteiger partial charge in [-0.05, 0) is 31.4 Å². The quantitative estimate of drug-likeness (QED) is 0.750. The molecule has 4 nitrogen and oxygen atoms in total. The molecule has 1 atom stereocenters. The third-order valence-electron chi connectivity index (χ3n) is 3.23. The van der Waals surface area contributed by atoms with E-state index in [1.165, 1.54) is 20.0 Å². The zero-order chi connectivity index (χ0) is 12.1. The predicted octanol–water partition coefficient (Wildman–Crippen LogP) is 2.00. The molecular formula is C13H18N2O2. The van der Waals surface area contributed by atoms with Crippen LogP contribution in [0.2, 0.25) is 0 Å². The summed E-state index contributed by atoms with van der Waals surface area (Å²) in [6, 6.07) is 4.22. The first-order chi connectivity index (χ1) is 8.31. The highest BCUT2D eigenvalue weighted by atomic mass is 16.5. The Labute approximate surface area is 102 Å². The monoisotopic (exact) mass is 234 g/mol. The zero-order valence-corrected chi connectivity index (χ0v) is 10.1. The Bertz CT molecular complexity index is 367. The fourth-order valence-corrected chi connectivity index (χ4v) is 2.35. The Morgan fingerprint density at radius 1 is 1.59 bits per heavy atom. The Morgan fingerprint density at radius 2 is 2.47 bits per heavy atom. The fourth-order valence-electron chi connectivity index (χ4n) is 2.35. The van der Waals surface area contributed by atoms with Crippen LogP contribution in [0.25, 0.3) is 0 Å². The summed E-state index contributed by atoms with van der Waals surface area (Å²) < 4.78 is 4.76. The largest absolute Gasteiger partial charge is 0.469 e. The number of anilines is 1. The molecule has 1 aliphatic rings. The molecule has 0 amide bonds. The summed E-state index contributed by atoms with van der Waals surface area (Å²) in [5.74, 6) is -0.134. The number of pyridine rings is 1. The minimum Gasteiger partial charge on any atom is -0.469 e. The predicted molar refractivity (Wildman–Crippen MR) is 65.9 cm³/mol. The van der Waals surface area contributed by atoms with Gasteiger partial charge in [0.15, 0.2) is 0 Å². The summed E-state index contributed by atoms with van der Waals surface area (Å²) in [5.41, 5.74) is 1.10. The summed E-state index contributed by atoms with van der Waals surface area (Å²) in [7, 11) is 1.44. The number of esters is 1. The SMILES string of the molecule is COC(=O)CC1CCCCN1c1cccnc1. The van der Waals surface area contributed by atoms with Gasteiger partial charge in [-0.2, -0.15) is 0 Å². The molecule has 4 heteroatoms. The van der Waals surface area contributed by atoms with E-state index >= 15 is 0 Å². The lowest BCUT2D eigenvalue weighted by Gasteiger charge is -2.36. The second kappa shape index (κ2) is 5.66. The number of hydrogen-bond donors (Lipinski definition) is 0. The van der Waals surface area contributed by atoms with Crippen LogP contribution in [0.4, 0.5) is 5.69 Å². The summed E-state index contributed by atoms with van der Waals surface area (Å²) >= 11 is 0. The van der Waals surface area contributed by atoms with Gasteiger partial charge in [-0.3, -0.25) is 9.78 Å². The third kappa shape index (κ3) is 2.96. The number of piperidine rings is 1. The Morgan fingerprint density at radius 3 is 3.18 bits per heavy atom. The smallest absolute Gasteiger partial charge is 0.307 e. The van der Waals surface area contributed by atoms with Crippen molar-refractivity contribution < 1.29 is 9.53 Å². The van der Waals surface area contributed by atoms with Crippen LogP contribution in [0.1, 0.15) is 25.7 Å². The topological polar surface area (TPSA) is 42.4 Å². The van der Waals surface area contributed by atoms with Crippen LogP contribution >= 0.6 is 0 Å². The molecule has 1 fully saturated rings. The number of hydrogen-bond acceptors (Lipinski definition) is 4. The van der Waals surface area contributed by atoms with Gasteiger partial charge in [-0.1, -0.05) is 0 Å². The molecule has 0 saturated carbocycles. The summed E-state index contributed by atoms with van der Waals surface area (Å²) in [4.78, 5) is 17.8. The molecule has 0 radical (unpaired) electrons. The Hall–Kier alpha value is -1.58. The molecule has 0 bridgehead atoms. The van der Waals surface area contributed by atoms with Crippen LogP contribution < -0.4 is 4.90 Å². The first kappa shape index (κ1) is 11.9. The van der Waals surface area contributed by atoms with Gasteiger partial charge in [0.2, 0.25) is 0 Å². The van der Waals surface area contributed by atoms with E-state index in [-0.39, 0.29) is 12.0 Å². The van der Waals surface area contributed by atoms with Crippen molar-refractivity contribution >= 4 is 11.7 Å². The molecule has 1 unspecified atom stereocenters. The third-order valence-corrected chi connectivity index (χ3v) is 3.23. The molecule has 0 N–H and O–H groups in total. The average molecular weight is 234 g/mol. The summed E-state index contributed by atoms with van der Waals surface area (Å²) in [6.07, 6.45) is 7.48. The lowest BCUT2D eigenvalue weighted by atomic mass is 9.99. The molecule has 1 aliphatic heterocycles. The van der Waals surface area contributed by atoms with E-state index in [2.05, 4.69) is 9.88 Å². The number of aromatic nitrogens is 1. The van der Waals surface area contributed by atoms with Crippen LogP contribution in [0.15, 0.2) is 24.5 Å². The molecule has 1 aromatic heterocycles. The standard InChI is InChI=1S/C13H18N2O2/c1-17-13(16)9-11-5-2-3-8-15(11)12-6-4-7-14-10-12/h4,6-7,10-11H,2-3,5,8-9H2,1H3. The van der Waals surface area contributed by atoms with E-state index in [1.54, 1.807) is 6.20 Å². The molecule has 2 rings (SSSR count). The average Bonchev–Trinajstić information content (AvgIpc) is 2.40. The zero-order valence-electron chi connectivity index (χ0n) is 10.1. The van der Waals surface area contributed by atoms with E-state index in [9.17, 15) is 4.79 Å². The lowest BCUT2D eigenvalue weighted by molar-refractivity contribution is -0.141. The van der Waals surface area contributed by atoms with E-state index in [1.807, 2.05) is 18.3 Å². The van der Waals surface area contributed by atoms with Crippen molar-refractivity contribution in [2.75, 3.05) is 18.6 Å². The number of carbonyl (C=O) groups is 1. The van der Waals surface area contributed by atoms with Crippen LogP contribution in [0, 0.1) is 0 Å². The number of ether oxygens (including phenoxy) is 1. The molecule has 0 aliphatic carbocycles. The fraction of sp³-hybridized carbons (Fsp3) is 0.538. The molecule has 0 spiro atoms. The van der Waals surface area contributed by atoms with Crippen molar-refractivity contribution in [1.29, 1.82) is 0 Å². The van der Waals surface area contributed by atoms with Crippen molar-refractivity contribution in [3.63, 3.8) is 0 Å². The number of carbonyl (C=O) groups excluding carboxylic acids is 1. The van der Waals surface area contributed by atoms with Gasteiger partial charge < -0.3 is 9.64 Å². The maximum atomic E-state index is 11.4. The van der Waals surface area contributed by atoms with Gasteiger partial charge in [-0.25, -0.2) is 0 Å². The normalized spacial score (nSPS) is 20.1. The summed E-state index contributed by atoms with van der Waals surface area (Å²) in [6.45, 7) is 0.993. The van der Waals surface area contributed by atoms with Crippen molar-refractivity contribution in [2.45, 2.75) is 31.7 Å². The number of nitrogens with zero attached hydrogens (tertiary/aromatic N) is 2. The van der Waals surface area contributed by atoms with Crippen molar-refractivity contribution in [2.24, 2.45) is 0 Å². The van der Waals surface area contributed by atoms with E-state index < -0.39 is 0 Å². The highest BCUT2D eigenvalue weighted by Gasteiger charge is 2.25. The molecule has 17 heavy (non-hydrogen) atoms. The van der Waals surface area contributed by atoms with Gasteiger partial charge in [0.1, 0.15) is 0 Å². The van der Waals surface area contributed by atoms with E-state index in [0.717, 1.165) is 18.7 Å². The number of rotatable bonds is 3. The molecule has 1 aromatic rings. The molecule has 2 heterocycles. The second-order valence-corrected chi connectivity index (χ2v) is 4.33. The van der Waals surface area contributed by atoms with Crippen LogP contribution in [-0.4, -0.2) is 30.6 Å². The lowest BCUT2D eigenvalue weighted by Crippen LogP contribution is -2.41. The van der Waals surface area contributed by atoms with Gasteiger partial charge >= 0.3 is 5.97 Å². The van der Waals surface area contributed by atoms with E-state index in [0.29, 0.717) is 6.42 Å². The van der Waals surface area contributed by atoms with Gasteiger partial charge in [-0.15, -0.1) is 0 Å². The highest BCUT2D eigenvalue weighted by molar-refractivity contribution is 5.70. The highest BCUT2D eigenvalue weighted by Crippen LogP contribution is 2.25. The van der Waals surface area contributed by atoms with Crippen LogP contribution in [-0.2, 0) is 9.53 Å². The Kier molecular flexibility index (Phi) is 3.96. The first-order valence-corrected chi connectivity index (χ1v) is 6.04. The van der Waals surface area contributed by atoms with Gasteiger partial charge in [0.05, 0.1) is 25.4 Å². The van der Waals surface area contributed by atoms with Crippen LogP contribution in [0.5, 0.6) is 0 Å². The Balaban J connectivity index is 2.09. The van der Waals surface area contributed by atoms with Gasteiger partial charge in [0.25, 0.3) is 0 Å². The molecule has 92 valence electrons. The first-order valence-electron chi connectivity index (χ1n) is 6.04. The molecule has 1 saturated heterocycles. The number of methoxy groups -OCH3 is 1. The minimum absolute atomic E-state index is 0.134. The maximum absolute atomic E-state index is 11.4. The van der Waals surface area contributed by atoms with Crippen molar-refractivity contribution in [1.82, 2.24) is 4.98 Å². The molecular weight excluding hydrogens is 216 g/mol. The maximum Gasteiger partial charge on any atom is 0.307 e. The van der Waals surface area contributed by atoms with Crippen molar-refractivity contribution in [3.8, 4) is 0 Å². The second-order valence-electron chi connectivity index (χ2n) is 4.33. The van der Waals surface area contributed by atoms with Crippen molar-refractivity contribution in [3.05, 3.63) is 24.5 Å².